The lowest BCUT2D eigenvalue weighted by atomic mass is 9.96. The van der Waals surface area contributed by atoms with Crippen molar-refractivity contribution in [3.63, 3.8) is 0 Å². The molecule has 0 saturated carbocycles. The molecule has 1 saturated heterocycles. The Labute approximate surface area is 168 Å². The van der Waals surface area contributed by atoms with Crippen LogP contribution < -0.4 is 0 Å². The third-order valence-corrected chi connectivity index (χ3v) is 5.53. The summed E-state index contributed by atoms with van der Waals surface area (Å²) in [6, 6.07) is 13.9. The molecule has 150 valence electrons. The zero-order valence-electron chi connectivity index (χ0n) is 16.3. The third-order valence-electron chi connectivity index (χ3n) is 5.53. The summed E-state index contributed by atoms with van der Waals surface area (Å²) in [7, 11) is 1.34. The van der Waals surface area contributed by atoms with Gasteiger partial charge in [0.2, 0.25) is 5.91 Å². The molecule has 0 aliphatic carbocycles. The maximum atomic E-state index is 13.3. The highest BCUT2D eigenvalue weighted by molar-refractivity contribution is 6.07. The van der Waals surface area contributed by atoms with Gasteiger partial charge in [-0.2, -0.15) is 0 Å². The second kappa shape index (κ2) is 8.17. The van der Waals surface area contributed by atoms with E-state index in [0.717, 1.165) is 24.9 Å². The predicted molar refractivity (Wildman–Crippen MR) is 108 cm³/mol. The highest BCUT2D eigenvalue weighted by atomic mass is 19.1. The fraction of sp³-hybridized carbons (Fsp3) is 0.304. The Morgan fingerprint density at radius 3 is 2.66 bits per heavy atom. The summed E-state index contributed by atoms with van der Waals surface area (Å²) in [4.78, 5) is 27.7. The minimum absolute atomic E-state index is 0.0137. The van der Waals surface area contributed by atoms with E-state index < -0.39 is 5.97 Å². The van der Waals surface area contributed by atoms with E-state index in [1.807, 2.05) is 24.3 Å². The minimum atomic E-state index is -0.450. The quantitative estimate of drug-likeness (QED) is 0.625. The van der Waals surface area contributed by atoms with Crippen molar-refractivity contribution in [1.82, 2.24) is 9.47 Å². The second-order valence-electron chi connectivity index (χ2n) is 7.46. The maximum Gasteiger partial charge on any atom is 0.340 e. The van der Waals surface area contributed by atoms with E-state index in [2.05, 4.69) is 4.90 Å². The summed E-state index contributed by atoms with van der Waals surface area (Å²) >= 11 is 0. The number of piperidine rings is 1. The molecule has 29 heavy (non-hydrogen) atoms. The first-order chi connectivity index (χ1) is 14.1. The topological polar surface area (TPSA) is 51.5 Å². The molecule has 0 bridgehead atoms. The Bertz CT molecular complexity index is 1040. The molecule has 0 spiro atoms. The smallest absolute Gasteiger partial charge is 0.340 e. The van der Waals surface area contributed by atoms with Gasteiger partial charge in [0.15, 0.2) is 0 Å². The Balaban J connectivity index is 1.56. The highest BCUT2D eigenvalue weighted by Crippen LogP contribution is 2.26. The number of rotatable bonds is 4. The van der Waals surface area contributed by atoms with Crippen molar-refractivity contribution < 1.29 is 18.7 Å². The van der Waals surface area contributed by atoms with Crippen LogP contribution in [0.15, 0.2) is 54.7 Å². The first-order valence-corrected chi connectivity index (χ1v) is 9.76. The van der Waals surface area contributed by atoms with Crippen molar-refractivity contribution in [2.24, 2.45) is 5.92 Å². The normalized spacial score (nSPS) is 17.4. The van der Waals surface area contributed by atoms with E-state index in [1.165, 1.54) is 19.2 Å². The SMILES string of the molecule is COC(=O)c1cn(C(=O)[C@H]2CCCN(Cc3ccc(F)cc3)C2)c2ccccc12. The number of esters is 1. The van der Waals surface area contributed by atoms with Gasteiger partial charge in [-0.25, -0.2) is 9.18 Å². The first kappa shape index (κ1) is 19.3. The summed E-state index contributed by atoms with van der Waals surface area (Å²) in [6.07, 6.45) is 3.32. The van der Waals surface area contributed by atoms with Crippen LogP contribution in [0.2, 0.25) is 0 Å². The average Bonchev–Trinajstić information content (AvgIpc) is 3.14. The Morgan fingerprint density at radius 2 is 1.90 bits per heavy atom. The molecule has 2 heterocycles. The summed E-state index contributed by atoms with van der Waals surface area (Å²) in [5, 5.41) is 0.715. The number of hydrogen-bond acceptors (Lipinski definition) is 4. The fourth-order valence-electron chi connectivity index (χ4n) is 4.08. The van der Waals surface area contributed by atoms with Crippen LogP contribution in [0.1, 0.15) is 33.6 Å². The van der Waals surface area contributed by atoms with Gasteiger partial charge in [-0.05, 0) is 43.1 Å². The standard InChI is InChI=1S/C23H23FN2O3/c1-29-23(28)20-15-26(21-7-3-2-6-19(20)21)22(27)17-5-4-12-25(14-17)13-16-8-10-18(24)11-9-16/h2-3,6-11,15,17H,4-5,12-14H2,1H3/t17-/m0/s1. The van der Waals surface area contributed by atoms with Gasteiger partial charge in [0.25, 0.3) is 0 Å². The van der Waals surface area contributed by atoms with Crippen molar-refractivity contribution in [2.45, 2.75) is 19.4 Å². The van der Waals surface area contributed by atoms with Crippen molar-refractivity contribution >= 4 is 22.8 Å². The Kier molecular flexibility index (Phi) is 5.45. The lowest BCUT2D eigenvalue weighted by Gasteiger charge is -2.32. The number of carbonyl (C=O) groups is 2. The lowest BCUT2D eigenvalue weighted by molar-refractivity contribution is 0.0603. The molecule has 0 N–H and O–H groups in total. The van der Waals surface area contributed by atoms with E-state index >= 15 is 0 Å². The minimum Gasteiger partial charge on any atom is -0.465 e. The van der Waals surface area contributed by atoms with Gasteiger partial charge >= 0.3 is 5.97 Å². The number of nitrogens with zero attached hydrogens (tertiary/aromatic N) is 2. The monoisotopic (exact) mass is 394 g/mol. The maximum absolute atomic E-state index is 13.3. The molecule has 0 radical (unpaired) electrons. The molecule has 1 aromatic heterocycles. The van der Waals surface area contributed by atoms with Crippen LogP contribution >= 0.6 is 0 Å². The molecule has 1 aliphatic rings. The number of para-hydroxylation sites is 1. The second-order valence-corrected chi connectivity index (χ2v) is 7.46. The van der Waals surface area contributed by atoms with Crippen LogP contribution in [0, 0.1) is 11.7 Å². The molecule has 5 nitrogen and oxygen atoms in total. The highest BCUT2D eigenvalue weighted by Gasteiger charge is 2.29. The molecular weight excluding hydrogens is 371 g/mol. The zero-order chi connectivity index (χ0) is 20.4. The number of likely N-dealkylation sites (tertiary alicyclic amines) is 1. The molecular formula is C23H23FN2O3. The van der Waals surface area contributed by atoms with Crippen LogP contribution in [0.3, 0.4) is 0 Å². The van der Waals surface area contributed by atoms with Crippen LogP contribution in [-0.2, 0) is 11.3 Å². The summed E-state index contributed by atoms with van der Waals surface area (Å²) in [5.41, 5.74) is 2.14. The molecule has 3 aromatic rings. The van der Waals surface area contributed by atoms with Crippen molar-refractivity contribution in [1.29, 1.82) is 0 Å². The molecule has 1 fully saturated rings. The number of halogens is 1. The largest absolute Gasteiger partial charge is 0.465 e. The van der Waals surface area contributed by atoms with Crippen LogP contribution in [0.5, 0.6) is 0 Å². The van der Waals surface area contributed by atoms with Gasteiger partial charge in [-0.1, -0.05) is 30.3 Å². The van der Waals surface area contributed by atoms with Gasteiger partial charge in [0, 0.05) is 24.7 Å². The van der Waals surface area contributed by atoms with Gasteiger partial charge in [-0.15, -0.1) is 0 Å². The number of aromatic nitrogens is 1. The van der Waals surface area contributed by atoms with Crippen molar-refractivity contribution in [3.8, 4) is 0 Å². The van der Waals surface area contributed by atoms with E-state index in [4.69, 9.17) is 4.74 Å². The van der Waals surface area contributed by atoms with E-state index in [0.29, 0.717) is 29.6 Å². The van der Waals surface area contributed by atoms with E-state index in [1.54, 1.807) is 22.9 Å². The lowest BCUT2D eigenvalue weighted by Crippen LogP contribution is -2.39. The number of fused-ring (bicyclic) bond motifs is 1. The van der Waals surface area contributed by atoms with Gasteiger partial charge in [0.05, 0.1) is 24.1 Å². The average molecular weight is 394 g/mol. The number of hydrogen-bond donors (Lipinski definition) is 0. The number of ether oxygens (including phenoxy) is 1. The van der Waals surface area contributed by atoms with E-state index in [9.17, 15) is 14.0 Å². The first-order valence-electron chi connectivity index (χ1n) is 9.76. The molecule has 0 unspecified atom stereocenters. The summed E-state index contributed by atoms with van der Waals surface area (Å²) < 4.78 is 19.6. The predicted octanol–water partition coefficient (Wildman–Crippen LogP) is 4.12. The summed E-state index contributed by atoms with van der Waals surface area (Å²) in [6.45, 7) is 2.22. The molecule has 6 heteroatoms. The third kappa shape index (κ3) is 3.93. The Hall–Kier alpha value is -2.99. The number of benzene rings is 2. The van der Waals surface area contributed by atoms with Crippen LogP contribution in [0.4, 0.5) is 4.39 Å². The van der Waals surface area contributed by atoms with Crippen LogP contribution in [-0.4, -0.2) is 41.5 Å². The van der Waals surface area contributed by atoms with E-state index in [-0.39, 0.29) is 17.6 Å². The Morgan fingerprint density at radius 1 is 1.14 bits per heavy atom. The molecule has 1 atom stereocenters. The van der Waals surface area contributed by atoms with Gasteiger partial charge in [0.1, 0.15) is 5.82 Å². The number of methoxy groups -OCH3 is 1. The molecule has 4 rings (SSSR count). The van der Waals surface area contributed by atoms with Gasteiger partial charge in [-0.3, -0.25) is 14.3 Å². The molecule has 2 aromatic carbocycles. The summed E-state index contributed by atoms with van der Waals surface area (Å²) in [5.74, 6) is -0.874. The molecule has 1 aliphatic heterocycles. The molecule has 0 amide bonds. The van der Waals surface area contributed by atoms with Crippen LogP contribution in [0.25, 0.3) is 10.9 Å². The van der Waals surface area contributed by atoms with Crippen molar-refractivity contribution in [2.75, 3.05) is 20.2 Å². The van der Waals surface area contributed by atoms with Gasteiger partial charge < -0.3 is 4.74 Å². The number of carbonyl (C=O) groups excluding carboxylic acids is 2. The fourth-order valence-corrected chi connectivity index (χ4v) is 4.08. The zero-order valence-corrected chi connectivity index (χ0v) is 16.3. The van der Waals surface area contributed by atoms with Crippen molar-refractivity contribution in [3.05, 3.63) is 71.7 Å².